The summed E-state index contributed by atoms with van der Waals surface area (Å²) in [7, 11) is 0. The second-order valence-electron chi connectivity index (χ2n) is 22.2. The van der Waals surface area contributed by atoms with Gasteiger partial charge in [0.1, 0.15) is 22.3 Å². The molecule has 4 aromatic heterocycles. The summed E-state index contributed by atoms with van der Waals surface area (Å²) in [5.41, 5.74) is 10.1. The molecule has 0 aliphatic carbocycles. The van der Waals surface area contributed by atoms with Crippen LogP contribution in [0.15, 0.2) is 179 Å². The van der Waals surface area contributed by atoms with Gasteiger partial charge < -0.3 is 8.83 Å². The van der Waals surface area contributed by atoms with Crippen LogP contribution in [-0.2, 0) is 21.7 Å². The molecule has 8 aromatic carbocycles. The van der Waals surface area contributed by atoms with E-state index >= 15 is 0 Å². The number of hydrogen-bond donors (Lipinski definition) is 0. The topological polar surface area (TPSA) is 26.3 Å². The average Bonchev–Trinajstić information content (AvgIpc) is 4.08. The fourth-order valence-electron chi connectivity index (χ4n) is 9.06. The lowest BCUT2D eigenvalue weighted by Gasteiger charge is -2.19. The number of fused-ring (bicyclic) bond motifs is 12. The van der Waals surface area contributed by atoms with Crippen LogP contribution in [0.2, 0.25) is 0 Å². The second kappa shape index (κ2) is 18.0. The Kier molecular flexibility index (Phi) is 12.4. The molecule has 0 saturated heterocycles. The van der Waals surface area contributed by atoms with Gasteiger partial charge in [-0.2, -0.15) is 0 Å². The zero-order chi connectivity index (χ0) is 48.2. The molecule has 344 valence electrons. The molecular weight excluding hydrogens is 865 g/mol. The van der Waals surface area contributed by atoms with Crippen molar-refractivity contribution in [3.8, 4) is 0 Å². The van der Waals surface area contributed by atoms with Crippen molar-refractivity contribution in [3.05, 3.63) is 192 Å². The summed E-state index contributed by atoms with van der Waals surface area (Å²) >= 11 is 3.80. The normalized spacial score (nSPS) is 12.4. The Balaban J connectivity index is 0.000000113. The monoisotopic (exact) mass is 928 g/mol. The van der Waals surface area contributed by atoms with E-state index in [-0.39, 0.29) is 21.7 Å². The smallest absolute Gasteiger partial charge is 0.139 e. The maximum atomic E-state index is 6.01. The first-order valence-corrected chi connectivity index (χ1v) is 25.5. The summed E-state index contributed by atoms with van der Waals surface area (Å²) in [5, 5.41) is 10.4. The summed E-state index contributed by atoms with van der Waals surface area (Å²) < 4.78 is 17.4. The van der Waals surface area contributed by atoms with Crippen LogP contribution in [0.4, 0.5) is 0 Å². The largest absolute Gasteiger partial charge is 0.456 e. The van der Waals surface area contributed by atoms with Crippen molar-refractivity contribution in [1.82, 2.24) is 0 Å². The zero-order valence-corrected chi connectivity index (χ0v) is 43.4. The van der Waals surface area contributed by atoms with Gasteiger partial charge in [-0.3, -0.25) is 0 Å². The van der Waals surface area contributed by atoms with Crippen LogP contribution in [0.3, 0.4) is 0 Å². The van der Waals surface area contributed by atoms with Gasteiger partial charge in [-0.15, -0.1) is 22.7 Å². The predicted molar refractivity (Wildman–Crippen MR) is 301 cm³/mol. The molecule has 0 radical (unpaired) electrons. The lowest BCUT2D eigenvalue weighted by atomic mass is 9.86. The lowest BCUT2D eigenvalue weighted by Crippen LogP contribution is -2.10. The van der Waals surface area contributed by atoms with E-state index in [0.717, 1.165) is 22.3 Å². The maximum Gasteiger partial charge on any atom is 0.139 e. The molecule has 0 unspecified atom stereocenters. The fourth-order valence-corrected chi connectivity index (χ4v) is 11.6. The molecule has 12 rings (SSSR count). The van der Waals surface area contributed by atoms with Crippen LogP contribution in [0, 0.1) is 0 Å². The van der Waals surface area contributed by atoms with Gasteiger partial charge in [0, 0.05) is 67.5 Å². The molecular formula is C64H64O2S2. The molecule has 0 aliphatic heterocycles. The Labute approximate surface area is 410 Å². The highest BCUT2D eigenvalue weighted by atomic mass is 32.1. The summed E-state index contributed by atoms with van der Waals surface area (Å²) in [5.74, 6) is 0. The molecule has 4 heteroatoms. The average molecular weight is 929 g/mol. The first kappa shape index (κ1) is 46.9. The first-order chi connectivity index (χ1) is 32.3. The predicted octanol–water partition coefficient (Wildman–Crippen LogP) is 20.5. The highest BCUT2D eigenvalue weighted by Crippen LogP contribution is 2.41. The molecule has 0 saturated carbocycles. The van der Waals surface area contributed by atoms with Crippen molar-refractivity contribution >= 4 is 107 Å². The van der Waals surface area contributed by atoms with Gasteiger partial charge in [-0.05, 0) is 86.9 Å². The SMILES string of the molecule is CC(C)(C)c1ccc2oc3ccccc3c2c1.CC(C)(C)c1ccc2sc3ccccc3c2c1.CC(C)(C)c1cccc2c1oc1ccccc12.CC(C)(C)c1cccc2c1sc1ccccc12. The van der Waals surface area contributed by atoms with E-state index in [1.54, 1.807) is 0 Å². The number of benzene rings is 8. The van der Waals surface area contributed by atoms with Crippen LogP contribution >= 0.6 is 22.7 Å². The van der Waals surface area contributed by atoms with Crippen molar-refractivity contribution in [1.29, 1.82) is 0 Å². The van der Waals surface area contributed by atoms with E-state index in [0.29, 0.717) is 0 Å². The van der Waals surface area contributed by atoms with Crippen LogP contribution in [0.1, 0.15) is 105 Å². The maximum absolute atomic E-state index is 6.01. The number of para-hydroxylation sites is 3. The minimum atomic E-state index is 0.105. The highest BCUT2D eigenvalue weighted by molar-refractivity contribution is 7.26. The van der Waals surface area contributed by atoms with Gasteiger partial charge >= 0.3 is 0 Å². The van der Waals surface area contributed by atoms with Crippen molar-refractivity contribution in [3.63, 3.8) is 0 Å². The van der Waals surface area contributed by atoms with Gasteiger partial charge in [-0.1, -0.05) is 204 Å². The van der Waals surface area contributed by atoms with Crippen LogP contribution in [0.5, 0.6) is 0 Å². The van der Waals surface area contributed by atoms with Gasteiger partial charge in [0.15, 0.2) is 0 Å². The molecule has 0 N–H and O–H groups in total. The third kappa shape index (κ3) is 9.46. The Bertz CT molecular complexity index is 3460. The number of furan rings is 2. The van der Waals surface area contributed by atoms with E-state index < -0.39 is 0 Å². The first-order valence-electron chi connectivity index (χ1n) is 23.9. The summed E-state index contributed by atoms with van der Waals surface area (Å²) in [6.07, 6.45) is 0. The Morgan fingerprint density at radius 2 is 0.721 bits per heavy atom. The molecule has 0 bridgehead atoms. The molecule has 0 spiro atoms. The quantitative estimate of drug-likeness (QED) is 0.151. The fraction of sp³-hybridized carbons (Fsp3) is 0.250. The third-order valence-corrected chi connectivity index (χ3v) is 15.3. The molecule has 0 fully saturated rings. The molecule has 2 nitrogen and oxygen atoms in total. The number of rotatable bonds is 0. The molecule has 68 heavy (non-hydrogen) atoms. The van der Waals surface area contributed by atoms with Crippen molar-refractivity contribution < 1.29 is 8.83 Å². The molecule has 0 atom stereocenters. The van der Waals surface area contributed by atoms with Gasteiger partial charge in [0.05, 0.1) is 0 Å². The number of hydrogen-bond acceptors (Lipinski definition) is 4. The summed E-state index contributed by atoms with van der Waals surface area (Å²) in [6.45, 7) is 27.0. The van der Waals surface area contributed by atoms with Gasteiger partial charge in [-0.25, -0.2) is 0 Å². The number of thiophene rings is 2. The van der Waals surface area contributed by atoms with Crippen molar-refractivity contribution in [2.75, 3.05) is 0 Å². The van der Waals surface area contributed by atoms with E-state index in [1.807, 2.05) is 46.9 Å². The van der Waals surface area contributed by atoms with Gasteiger partial charge in [0.2, 0.25) is 0 Å². The lowest BCUT2D eigenvalue weighted by molar-refractivity contribution is 0.573. The van der Waals surface area contributed by atoms with Crippen molar-refractivity contribution in [2.24, 2.45) is 0 Å². The minimum Gasteiger partial charge on any atom is -0.456 e. The molecule has 0 aliphatic rings. The Morgan fingerprint density at radius 3 is 1.32 bits per heavy atom. The van der Waals surface area contributed by atoms with Crippen LogP contribution < -0.4 is 0 Å². The summed E-state index contributed by atoms with van der Waals surface area (Å²) in [6, 6.07) is 60.2. The zero-order valence-electron chi connectivity index (χ0n) is 41.8. The molecule has 12 aromatic rings. The standard InChI is InChI=1S/2C16H16O.2C16H16S/c1-16(2,3)13-9-6-8-12-11-7-4-5-10-14(11)17-15(12)13;1-16(2,3)11-8-9-15-13(10-11)12-6-4-5-7-14(12)17-15;1-16(2,3)13-9-6-8-12-11-7-4-5-10-14(11)17-15(12)13;1-16(2,3)11-8-9-15-13(10-11)12-6-4-5-7-14(12)17-15/h4*4-10H,1-3H3. The van der Waals surface area contributed by atoms with E-state index in [2.05, 4.69) is 229 Å². The van der Waals surface area contributed by atoms with Crippen molar-refractivity contribution in [2.45, 2.75) is 105 Å². The highest BCUT2D eigenvalue weighted by Gasteiger charge is 2.22. The Morgan fingerprint density at radius 1 is 0.294 bits per heavy atom. The summed E-state index contributed by atoms with van der Waals surface area (Å²) in [4.78, 5) is 0. The van der Waals surface area contributed by atoms with E-state index in [4.69, 9.17) is 8.83 Å². The third-order valence-electron chi connectivity index (χ3n) is 12.9. The second-order valence-corrected chi connectivity index (χ2v) is 24.3. The van der Waals surface area contributed by atoms with Crippen LogP contribution in [0.25, 0.3) is 84.2 Å². The van der Waals surface area contributed by atoms with Crippen LogP contribution in [-0.4, -0.2) is 0 Å². The van der Waals surface area contributed by atoms with E-state index in [1.165, 1.54) is 84.1 Å². The minimum absolute atomic E-state index is 0.105. The van der Waals surface area contributed by atoms with Gasteiger partial charge in [0.25, 0.3) is 0 Å². The molecule has 0 amide bonds. The van der Waals surface area contributed by atoms with E-state index in [9.17, 15) is 0 Å². The molecule has 4 heterocycles. The Hall–Kier alpha value is -6.20.